The summed E-state index contributed by atoms with van der Waals surface area (Å²) in [7, 11) is -3.72. The second kappa shape index (κ2) is 5.01. The monoisotopic (exact) mass is 339 g/mol. The molecule has 24 heavy (non-hydrogen) atoms. The van der Waals surface area contributed by atoms with Crippen molar-refractivity contribution in [1.29, 1.82) is 0 Å². The zero-order chi connectivity index (χ0) is 16.9. The van der Waals surface area contributed by atoms with Gasteiger partial charge < -0.3 is 10.2 Å². The molecule has 0 spiro atoms. The maximum Gasteiger partial charge on any atom is 0.262 e. The molecule has 3 aromatic carbocycles. The fourth-order valence-corrected chi connectivity index (χ4v) is 4.23. The van der Waals surface area contributed by atoms with E-state index in [9.17, 15) is 18.6 Å². The maximum absolute atomic E-state index is 12.4. The van der Waals surface area contributed by atoms with Crippen LogP contribution in [0.2, 0.25) is 0 Å². The van der Waals surface area contributed by atoms with Gasteiger partial charge in [0.05, 0.1) is 10.6 Å². The van der Waals surface area contributed by atoms with Gasteiger partial charge in [0, 0.05) is 5.56 Å². The lowest BCUT2D eigenvalue weighted by atomic mass is 10.0. The molecule has 0 atom stereocenters. The average molecular weight is 339 g/mol. The molecule has 1 heterocycles. The topological polar surface area (TPSA) is 86.6 Å². The summed E-state index contributed by atoms with van der Waals surface area (Å²) in [6.45, 7) is 0. The van der Waals surface area contributed by atoms with E-state index in [0.717, 1.165) is 10.8 Å². The van der Waals surface area contributed by atoms with Crippen molar-refractivity contribution in [3.05, 3.63) is 65.7 Å². The van der Waals surface area contributed by atoms with Crippen molar-refractivity contribution < 1.29 is 18.6 Å². The molecule has 5 nitrogen and oxygen atoms in total. The number of sulfonamides is 1. The van der Waals surface area contributed by atoms with Crippen LogP contribution in [0, 0.1) is 0 Å². The van der Waals surface area contributed by atoms with Gasteiger partial charge >= 0.3 is 0 Å². The predicted molar refractivity (Wildman–Crippen MR) is 94.1 cm³/mol. The van der Waals surface area contributed by atoms with E-state index in [4.69, 9.17) is 0 Å². The number of aromatic hydroxyl groups is 2. The van der Waals surface area contributed by atoms with Crippen LogP contribution < -0.4 is 4.72 Å². The lowest BCUT2D eigenvalue weighted by Gasteiger charge is -2.06. The summed E-state index contributed by atoms with van der Waals surface area (Å²) in [6, 6.07) is 14.9. The van der Waals surface area contributed by atoms with E-state index < -0.39 is 10.0 Å². The zero-order valence-corrected chi connectivity index (χ0v) is 13.2. The Morgan fingerprint density at radius 1 is 0.917 bits per heavy atom. The summed E-state index contributed by atoms with van der Waals surface area (Å²) < 4.78 is 27.3. The van der Waals surface area contributed by atoms with Gasteiger partial charge in [0.1, 0.15) is 11.5 Å². The van der Waals surface area contributed by atoms with E-state index >= 15 is 0 Å². The molecule has 120 valence electrons. The highest BCUT2D eigenvalue weighted by Gasteiger charge is 2.30. The van der Waals surface area contributed by atoms with Gasteiger partial charge in [-0.25, -0.2) is 8.42 Å². The molecule has 0 fully saturated rings. The third-order valence-corrected chi connectivity index (χ3v) is 5.37. The van der Waals surface area contributed by atoms with E-state index in [1.54, 1.807) is 6.07 Å². The van der Waals surface area contributed by atoms with Crippen molar-refractivity contribution in [3.8, 4) is 11.5 Å². The smallest absolute Gasteiger partial charge is 0.262 e. The molecule has 0 saturated heterocycles. The van der Waals surface area contributed by atoms with E-state index in [1.165, 1.54) is 30.3 Å². The summed E-state index contributed by atoms with van der Waals surface area (Å²) >= 11 is 0. The van der Waals surface area contributed by atoms with Crippen LogP contribution in [0.25, 0.3) is 21.8 Å². The van der Waals surface area contributed by atoms with Gasteiger partial charge in [0.15, 0.2) is 0 Å². The Labute approximate surface area is 138 Å². The van der Waals surface area contributed by atoms with Crippen LogP contribution in [0.5, 0.6) is 11.5 Å². The van der Waals surface area contributed by atoms with Crippen LogP contribution in [-0.2, 0) is 10.0 Å². The normalized spacial score (nSPS) is 16.9. The minimum atomic E-state index is -3.72. The molecule has 0 radical (unpaired) electrons. The first kappa shape index (κ1) is 14.6. The van der Waals surface area contributed by atoms with Crippen molar-refractivity contribution in [2.45, 2.75) is 0 Å². The van der Waals surface area contributed by atoms with Crippen LogP contribution in [0.4, 0.5) is 5.69 Å². The van der Waals surface area contributed by atoms with Crippen molar-refractivity contribution in [3.63, 3.8) is 0 Å². The summed E-state index contributed by atoms with van der Waals surface area (Å²) in [6.07, 6.45) is 1.51. The van der Waals surface area contributed by atoms with Crippen molar-refractivity contribution in [1.82, 2.24) is 0 Å². The van der Waals surface area contributed by atoms with Crippen molar-refractivity contribution >= 4 is 37.5 Å². The Hall–Kier alpha value is -2.99. The van der Waals surface area contributed by atoms with E-state index in [0.29, 0.717) is 16.8 Å². The number of rotatable bonds is 1. The molecule has 6 heteroatoms. The van der Waals surface area contributed by atoms with Gasteiger partial charge in [-0.2, -0.15) is 0 Å². The maximum atomic E-state index is 12.4. The Balaban J connectivity index is 2.01. The molecule has 4 rings (SSSR count). The third kappa shape index (κ3) is 2.28. The minimum absolute atomic E-state index is 0.0145. The Morgan fingerprint density at radius 2 is 1.71 bits per heavy atom. The highest BCUT2D eigenvalue weighted by molar-refractivity contribution is 8.02. The molecular weight excluding hydrogens is 326 g/mol. The summed E-state index contributed by atoms with van der Waals surface area (Å²) in [5.41, 5.74) is 1.41. The molecule has 0 bridgehead atoms. The Morgan fingerprint density at radius 3 is 2.54 bits per heavy atom. The fraction of sp³-hybridized carbons (Fsp3) is 0. The molecule has 3 N–H and O–H groups in total. The first-order valence-electron chi connectivity index (χ1n) is 7.24. The summed E-state index contributed by atoms with van der Waals surface area (Å²) in [5.74, 6) is 0.0411. The number of hydrogen-bond donors (Lipinski definition) is 3. The zero-order valence-electron chi connectivity index (χ0n) is 12.4. The molecule has 0 aromatic heterocycles. The van der Waals surface area contributed by atoms with E-state index in [1.807, 2.05) is 24.3 Å². The van der Waals surface area contributed by atoms with Gasteiger partial charge in [0.25, 0.3) is 10.0 Å². The number of benzene rings is 3. The molecule has 1 aliphatic heterocycles. The number of anilines is 1. The SMILES string of the molecule is O=S1(=O)Nc2ccc(O)cc2C1=Cc1cc(O)cc2ccccc12. The lowest BCUT2D eigenvalue weighted by Crippen LogP contribution is -2.05. The fourth-order valence-electron chi connectivity index (χ4n) is 2.91. The van der Waals surface area contributed by atoms with E-state index in [-0.39, 0.29) is 16.4 Å². The number of nitrogens with one attached hydrogen (secondary N) is 1. The van der Waals surface area contributed by atoms with Crippen LogP contribution >= 0.6 is 0 Å². The molecule has 0 aliphatic carbocycles. The second-order valence-corrected chi connectivity index (χ2v) is 7.25. The van der Waals surface area contributed by atoms with Crippen LogP contribution in [0.1, 0.15) is 11.1 Å². The quantitative estimate of drug-likeness (QED) is 0.592. The van der Waals surface area contributed by atoms with Gasteiger partial charge in [-0.1, -0.05) is 24.3 Å². The molecule has 0 amide bonds. The average Bonchev–Trinajstić information content (AvgIpc) is 2.77. The number of phenols is 2. The largest absolute Gasteiger partial charge is 0.508 e. The van der Waals surface area contributed by atoms with Crippen LogP contribution in [0.15, 0.2) is 54.6 Å². The van der Waals surface area contributed by atoms with Crippen molar-refractivity contribution in [2.24, 2.45) is 0 Å². The van der Waals surface area contributed by atoms with Gasteiger partial charge in [-0.15, -0.1) is 0 Å². The molecule has 3 aromatic rings. The first-order valence-corrected chi connectivity index (χ1v) is 8.72. The molecule has 0 saturated carbocycles. The van der Waals surface area contributed by atoms with Crippen LogP contribution in [0.3, 0.4) is 0 Å². The number of hydrogen-bond acceptors (Lipinski definition) is 4. The minimum Gasteiger partial charge on any atom is -0.508 e. The number of phenolic OH excluding ortho intramolecular Hbond substituents is 2. The lowest BCUT2D eigenvalue weighted by molar-refractivity contribution is 0.475. The van der Waals surface area contributed by atoms with Gasteiger partial charge in [-0.05, 0) is 52.7 Å². The van der Waals surface area contributed by atoms with Gasteiger partial charge in [0.2, 0.25) is 0 Å². The van der Waals surface area contributed by atoms with Crippen LogP contribution in [-0.4, -0.2) is 18.6 Å². The van der Waals surface area contributed by atoms with Crippen molar-refractivity contribution in [2.75, 3.05) is 4.72 Å². The first-order chi connectivity index (χ1) is 11.4. The third-order valence-electron chi connectivity index (χ3n) is 3.97. The molecular formula is C18H13NO4S. The Kier molecular flexibility index (Phi) is 3.04. The standard InChI is InChI=1S/C18H13NO4S/c20-13-5-6-17-16(10-13)18(24(22,23)19-17)9-12-8-14(21)7-11-3-1-2-4-15(11)12/h1-10,19-21H. The summed E-state index contributed by atoms with van der Waals surface area (Å²) in [4.78, 5) is 0.0594. The highest BCUT2D eigenvalue weighted by atomic mass is 32.2. The molecule has 1 aliphatic rings. The Bertz CT molecular complexity index is 1120. The predicted octanol–water partition coefficient (Wildman–Crippen LogP) is 3.50. The number of fused-ring (bicyclic) bond motifs is 2. The second-order valence-electron chi connectivity index (χ2n) is 5.60. The van der Waals surface area contributed by atoms with E-state index in [2.05, 4.69) is 4.72 Å². The van der Waals surface area contributed by atoms with Gasteiger partial charge in [-0.3, -0.25) is 4.72 Å². The summed E-state index contributed by atoms with van der Waals surface area (Å²) in [5, 5.41) is 21.2. The highest BCUT2D eigenvalue weighted by Crippen LogP contribution is 2.40. The molecule has 0 unspecified atom stereocenters.